The first-order valence-electron chi connectivity index (χ1n) is 6.44. The molecule has 0 amide bonds. The topological polar surface area (TPSA) is 53.0 Å². The number of carboxylic acids is 1. The summed E-state index contributed by atoms with van der Waals surface area (Å²) in [6, 6.07) is 12.8. The molecule has 2 rings (SSSR count). The Morgan fingerprint density at radius 3 is 2.48 bits per heavy atom. The van der Waals surface area contributed by atoms with Crippen LogP contribution in [0.15, 0.2) is 67.4 Å². The van der Waals surface area contributed by atoms with Gasteiger partial charge in [0.2, 0.25) is 0 Å². The summed E-state index contributed by atoms with van der Waals surface area (Å²) in [4.78, 5) is 15.1. The average Bonchev–Trinajstić information content (AvgIpc) is 2.52. The fraction of sp³-hybridized carbons (Fsp3) is 0. The number of aliphatic carboxylic acids is 1. The molecule has 0 radical (unpaired) electrons. The number of carbonyl (C=O) groups is 1. The largest absolute Gasteiger partial charge is 0.545 e. The summed E-state index contributed by atoms with van der Waals surface area (Å²) in [5.41, 5.74) is 2.16. The predicted octanol–water partition coefficient (Wildman–Crippen LogP) is 2.57. The molecule has 2 aromatic rings. The van der Waals surface area contributed by atoms with E-state index < -0.39 is 5.97 Å². The fourth-order valence-electron chi connectivity index (χ4n) is 1.82. The van der Waals surface area contributed by atoms with Gasteiger partial charge in [-0.15, -0.1) is 0 Å². The van der Waals surface area contributed by atoms with Gasteiger partial charge in [-0.2, -0.15) is 0 Å². The summed E-state index contributed by atoms with van der Waals surface area (Å²) >= 11 is 0. The molecule has 104 valence electrons. The second-order valence-corrected chi connectivity index (χ2v) is 4.33. The maximum Gasteiger partial charge on any atom is 0.0715 e. The quantitative estimate of drug-likeness (QED) is 0.623. The molecule has 0 aliphatic carbocycles. The first-order chi connectivity index (χ1) is 10.2. The average molecular weight is 276 g/mol. The van der Waals surface area contributed by atoms with Crippen LogP contribution in [0.1, 0.15) is 16.8 Å². The monoisotopic (exact) mass is 276 g/mol. The zero-order valence-electron chi connectivity index (χ0n) is 11.4. The van der Waals surface area contributed by atoms with Crippen molar-refractivity contribution in [1.29, 1.82) is 0 Å². The molecule has 0 atom stereocenters. The van der Waals surface area contributed by atoms with E-state index in [0.717, 1.165) is 11.3 Å². The van der Waals surface area contributed by atoms with Crippen molar-refractivity contribution in [1.82, 2.24) is 4.98 Å². The van der Waals surface area contributed by atoms with E-state index in [1.807, 2.05) is 54.6 Å². The number of aromatic nitrogens is 1. The van der Waals surface area contributed by atoms with Crippen molar-refractivity contribution in [2.24, 2.45) is 0 Å². The van der Waals surface area contributed by atoms with Crippen molar-refractivity contribution in [3.63, 3.8) is 0 Å². The second-order valence-electron chi connectivity index (χ2n) is 4.33. The van der Waals surface area contributed by atoms with Crippen LogP contribution in [0.25, 0.3) is 17.7 Å². The van der Waals surface area contributed by atoms with Gasteiger partial charge in [0.1, 0.15) is 0 Å². The highest BCUT2D eigenvalue weighted by Crippen LogP contribution is 2.18. The Bertz CT molecular complexity index is 700. The number of benzene rings is 1. The van der Waals surface area contributed by atoms with Gasteiger partial charge >= 0.3 is 0 Å². The molecular formula is C18H14NO2-. The summed E-state index contributed by atoms with van der Waals surface area (Å²) in [6.07, 6.45) is 9.09. The molecule has 0 spiro atoms. The molecular weight excluding hydrogens is 262 g/mol. The van der Waals surface area contributed by atoms with Crippen molar-refractivity contribution in [2.75, 3.05) is 0 Å². The van der Waals surface area contributed by atoms with Crippen LogP contribution in [-0.4, -0.2) is 11.0 Å². The van der Waals surface area contributed by atoms with Gasteiger partial charge in [0, 0.05) is 6.20 Å². The van der Waals surface area contributed by atoms with Crippen LogP contribution in [0, 0.1) is 0 Å². The van der Waals surface area contributed by atoms with Gasteiger partial charge < -0.3 is 9.90 Å². The molecule has 0 saturated heterocycles. The van der Waals surface area contributed by atoms with E-state index in [1.54, 1.807) is 18.3 Å². The number of rotatable bonds is 5. The first kappa shape index (κ1) is 14.5. The number of pyridine rings is 1. The standard InChI is InChI=1S/C18H15NO2/c1-14(18(20)21)17-12-5-3-9-15(17)8-2-4-10-16-11-6-7-13-19-16/h2-13H,1H2,(H,20,21)/p-1/b8-2+,10-4+. The van der Waals surface area contributed by atoms with Crippen LogP contribution in [0.5, 0.6) is 0 Å². The maximum absolute atomic E-state index is 10.9. The van der Waals surface area contributed by atoms with E-state index in [1.165, 1.54) is 0 Å². The van der Waals surface area contributed by atoms with Gasteiger partial charge in [-0.3, -0.25) is 4.98 Å². The Balaban J connectivity index is 2.16. The summed E-state index contributed by atoms with van der Waals surface area (Å²) in [5.74, 6) is -1.26. The molecule has 3 heteroatoms. The van der Waals surface area contributed by atoms with E-state index in [-0.39, 0.29) is 5.57 Å². The summed E-state index contributed by atoms with van der Waals surface area (Å²) in [7, 11) is 0. The highest BCUT2D eigenvalue weighted by molar-refractivity contribution is 6.14. The van der Waals surface area contributed by atoms with Crippen LogP contribution in [-0.2, 0) is 4.79 Å². The first-order valence-corrected chi connectivity index (χ1v) is 6.44. The molecule has 1 aromatic carbocycles. The lowest BCUT2D eigenvalue weighted by molar-refractivity contribution is -0.295. The summed E-state index contributed by atoms with van der Waals surface area (Å²) in [5, 5.41) is 10.9. The van der Waals surface area contributed by atoms with E-state index in [2.05, 4.69) is 11.6 Å². The molecule has 0 bridgehead atoms. The molecule has 1 aromatic heterocycles. The van der Waals surface area contributed by atoms with Gasteiger partial charge in [0.25, 0.3) is 0 Å². The number of nitrogens with zero attached hydrogens (tertiary/aromatic N) is 1. The molecule has 0 saturated carbocycles. The van der Waals surface area contributed by atoms with Crippen molar-refractivity contribution in [3.8, 4) is 0 Å². The van der Waals surface area contributed by atoms with E-state index in [0.29, 0.717) is 5.56 Å². The second kappa shape index (κ2) is 7.01. The third-order valence-corrected chi connectivity index (χ3v) is 2.87. The minimum absolute atomic E-state index is 0.0241. The highest BCUT2D eigenvalue weighted by atomic mass is 16.4. The van der Waals surface area contributed by atoms with Crippen LogP contribution < -0.4 is 5.11 Å². The summed E-state index contributed by atoms with van der Waals surface area (Å²) in [6.45, 7) is 3.54. The Kier molecular flexibility index (Phi) is 4.83. The highest BCUT2D eigenvalue weighted by Gasteiger charge is 2.03. The third kappa shape index (κ3) is 4.01. The predicted molar refractivity (Wildman–Crippen MR) is 82.8 cm³/mol. The van der Waals surface area contributed by atoms with Crippen LogP contribution >= 0.6 is 0 Å². The molecule has 0 unspecified atom stereocenters. The van der Waals surface area contributed by atoms with Crippen molar-refractivity contribution in [3.05, 3.63) is 84.2 Å². The lowest BCUT2D eigenvalue weighted by Gasteiger charge is -2.09. The van der Waals surface area contributed by atoms with Gasteiger partial charge in [-0.1, -0.05) is 55.1 Å². The lowest BCUT2D eigenvalue weighted by Crippen LogP contribution is -2.23. The van der Waals surface area contributed by atoms with Gasteiger partial charge in [0.15, 0.2) is 0 Å². The Labute approximate surface area is 123 Å². The molecule has 21 heavy (non-hydrogen) atoms. The number of carbonyl (C=O) groups excluding carboxylic acids is 1. The molecule has 1 heterocycles. The third-order valence-electron chi connectivity index (χ3n) is 2.87. The van der Waals surface area contributed by atoms with Gasteiger partial charge in [0.05, 0.1) is 11.7 Å². The molecule has 0 aliphatic heterocycles. The minimum Gasteiger partial charge on any atom is -0.545 e. The van der Waals surface area contributed by atoms with E-state index in [4.69, 9.17) is 0 Å². The normalized spacial score (nSPS) is 11.0. The van der Waals surface area contributed by atoms with Crippen molar-refractivity contribution >= 4 is 23.7 Å². The van der Waals surface area contributed by atoms with Crippen LogP contribution in [0.2, 0.25) is 0 Å². The minimum atomic E-state index is -1.26. The van der Waals surface area contributed by atoms with Gasteiger partial charge in [-0.25, -0.2) is 0 Å². The number of allylic oxidation sites excluding steroid dienone is 2. The van der Waals surface area contributed by atoms with Crippen LogP contribution in [0.3, 0.4) is 0 Å². The smallest absolute Gasteiger partial charge is 0.0715 e. The number of hydrogen-bond acceptors (Lipinski definition) is 3. The Morgan fingerprint density at radius 2 is 1.76 bits per heavy atom. The van der Waals surface area contributed by atoms with Crippen molar-refractivity contribution in [2.45, 2.75) is 0 Å². The SMILES string of the molecule is C=C(C(=O)[O-])c1ccccc1/C=C/C=C/c1ccccn1. The molecule has 3 nitrogen and oxygen atoms in total. The molecule has 0 fully saturated rings. The zero-order valence-corrected chi connectivity index (χ0v) is 11.4. The Morgan fingerprint density at radius 1 is 1.05 bits per heavy atom. The van der Waals surface area contributed by atoms with Crippen molar-refractivity contribution < 1.29 is 9.90 Å². The number of hydrogen-bond donors (Lipinski definition) is 0. The maximum atomic E-state index is 10.9. The number of carboxylic acid groups (broad SMARTS) is 1. The van der Waals surface area contributed by atoms with E-state index in [9.17, 15) is 9.90 Å². The van der Waals surface area contributed by atoms with Gasteiger partial charge in [-0.05, 0) is 34.9 Å². The zero-order chi connectivity index (χ0) is 15.1. The molecule has 0 N–H and O–H groups in total. The Hall–Kier alpha value is -2.94. The van der Waals surface area contributed by atoms with E-state index >= 15 is 0 Å². The lowest BCUT2D eigenvalue weighted by atomic mass is 10.0. The van der Waals surface area contributed by atoms with Crippen LogP contribution in [0.4, 0.5) is 0 Å². The fourth-order valence-corrected chi connectivity index (χ4v) is 1.82. The summed E-state index contributed by atoms with van der Waals surface area (Å²) < 4.78 is 0. The molecule has 0 aliphatic rings.